The number of likely N-dealkylation sites (tertiary alicyclic amines) is 1. The van der Waals surface area contributed by atoms with Crippen LogP contribution in [0.5, 0.6) is 0 Å². The zero-order valence-corrected chi connectivity index (χ0v) is 18.7. The van der Waals surface area contributed by atoms with Gasteiger partial charge in [0.1, 0.15) is 24.7 Å². The van der Waals surface area contributed by atoms with Gasteiger partial charge in [-0.15, -0.1) is 11.3 Å². The normalized spacial score (nSPS) is 19.4. The summed E-state index contributed by atoms with van der Waals surface area (Å²) in [6, 6.07) is 7.17. The smallest absolute Gasteiger partial charge is 0.247 e. The summed E-state index contributed by atoms with van der Waals surface area (Å²) < 4.78 is 1.52. The van der Waals surface area contributed by atoms with Crippen LogP contribution in [0.4, 0.5) is 0 Å². The summed E-state index contributed by atoms with van der Waals surface area (Å²) in [5, 5.41) is 7.07. The fourth-order valence-corrected chi connectivity index (χ4v) is 4.78. The Balaban J connectivity index is 1.39. The van der Waals surface area contributed by atoms with Crippen molar-refractivity contribution < 1.29 is 9.59 Å². The van der Waals surface area contributed by atoms with E-state index in [-0.39, 0.29) is 17.7 Å². The molecular formula is C22H26N6O2S. The monoisotopic (exact) mass is 438 g/mol. The highest BCUT2D eigenvalue weighted by molar-refractivity contribution is 7.13. The number of rotatable bonds is 6. The second kappa shape index (κ2) is 8.97. The summed E-state index contributed by atoms with van der Waals surface area (Å²) in [5.41, 5.74) is 5.00. The van der Waals surface area contributed by atoms with Crippen molar-refractivity contribution >= 4 is 23.2 Å². The number of carbonyl (C=O) groups excluding carboxylic acids is 2. The number of amides is 2. The Morgan fingerprint density at radius 2 is 2.06 bits per heavy atom. The van der Waals surface area contributed by atoms with Crippen LogP contribution in [0.15, 0.2) is 42.4 Å². The van der Waals surface area contributed by atoms with Gasteiger partial charge >= 0.3 is 0 Å². The van der Waals surface area contributed by atoms with Crippen molar-refractivity contribution in [2.45, 2.75) is 45.8 Å². The van der Waals surface area contributed by atoms with Gasteiger partial charge in [0.05, 0.1) is 16.1 Å². The summed E-state index contributed by atoms with van der Waals surface area (Å²) in [5.74, 6) is 0.0368. The fraction of sp³-hybridized carbons (Fsp3) is 0.409. The molecule has 1 unspecified atom stereocenters. The number of benzene rings is 1. The number of aromatic nitrogens is 4. The number of nitrogens with zero attached hydrogens (tertiary/aromatic N) is 5. The van der Waals surface area contributed by atoms with Gasteiger partial charge in [-0.05, 0) is 37.3 Å². The number of nitrogens with one attached hydrogen (secondary N) is 1. The van der Waals surface area contributed by atoms with Crippen LogP contribution in [0.3, 0.4) is 0 Å². The van der Waals surface area contributed by atoms with Gasteiger partial charge in [0.25, 0.3) is 0 Å². The average Bonchev–Trinajstić information content (AvgIpc) is 3.52. The van der Waals surface area contributed by atoms with E-state index in [0.29, 0.717) is 19.5 Å². The topological polar surface area (TPSA) is 93.0 Å². The first-order valence-electron chi connectivity index (χ1n) is 10.4. The second-order valence-corrected chi connectivity index (χ2v) is 8.94. The van der Waals surface area contributed by atoms with Gasteiger partial charge in [-0.3, -0.25) is 9.59 Å². The number of hydrogen-bond donors (Lipinski definition) is 1. The molecule has 1 aliphatic heterocycles. The molecule has 0 saturated carbocycles. The van der Waals surface area contributed by atoms with E-state index in [2.05, 4.69) is 39.4 Å². The van der Waals surface area contributed by atoms with Crippen LogP contribution in [0.25, 0.3) is 10.4 Å². The summed E-state index contributed by atoms with van der Waals surface area (Å²) in [4.78, 5) is 37.0. The molecule has 1 aliphatic rings. The number of thiazole rings is 1. The molecule has 3 atom stereocenters. The van der Waals surface area contributed by atoms with E-state index in [0.717, 1.165) is 21.7 Å². The number of hydrogen-bond acceptors (Lipinski definition) is 6. The molecule has 0 spiro atoms. The largest absolute Gasteiger partial charge is 0.350 e. The van der Waals surface area contributed by atoms with Crippen molar-refractivity contribution in [1.29, 1.82) is 0 Å². The van der Waals surface area contributed by atoms with Gasteiger partial charge in [0, 0.05) is 13.1 Å². The molecule has 0 bridgehead atoms. The SMILES string of the molecule is Cc1ncsc1-c1ccc(CNC(=O)[C@@H]2C[C@@H](C)CN2C(=O)C(C)n2cncn2)cc1. The predicted octanol–water partition coefficient (Wildman–Crippen LogP) is 2.82. The van der Waals surface area contributed by atoms with Gasteiger partial charge < -0.3 is 10.2 Å². The van der Waals surface area contributed by atoms with Crippen LogP contribution in [0, 0.1) is 12.8 Å². The summed E-state index contributed by atoms with van der Waals surface area (Å²) in [6.07, 6.45) is 3.59. The predicted molar refractivity (Wildman–Crippen MR) is 118 cm³/mol. The van der Waals surface area contributed by atoms with Crippen molar-refractivity contribution in [3.8, 4) is 10.4 Å². The molecule has 1 saturated heterocycles. The van der Waals surface area contributed by atoms with E-state index in [1.165, 1.54) is 17.3 Å². The first-order valence-corrected chi connectivity index (χ1v) is 11.2. The molecule has 2 aromatic heterocycles. The van der Waals surface area contributed by atoms with Gasteiger partial charge in [-0.25, -0.2) is 14.6 Å². The van der Waals surface area contributed by atoms with Gasteiger partial charge in [0.2, 0.25) is 11.8 Å². The van der Waals surface area contributed by atoms with Crippen molar-refractivity contribution in [3.63, 3.8) is 0 Å². The van der Waals surface area contributed by atoms with Crippen LogP contribution < -0.4 is 5.32 Å². The standard InChI is InChI=1S/C22H26N6O2S/c1-14-8-19(27(10-14)22(30)16(3)28-12-23-11-26-28)21(29)24-9-17-4-6-18(7-5-17)20-15(2)25-13-31-20/h4-7,11-14,16,19H,8-10H2,1-3H3,(H,24,29)/t14-,16?,19+/m1/s1. The minimum absolute atomic E-state index is 0.112. The fourth-order valence-electron chi connectivity index (χ4n) is 3.97. The lowest BCUT2D eigenvalue weighted by Gasteiger charge is -2.26. The van der Waals surface area contributed by atoms with Crippen molar-refractivity contribution in [2.75, 3.05) is 6.54 Å². The molecule has 8 nitrogen and oxygen atoms in total. The van der Waals surface area contributed by atoms with E-state index < -0.39 is 12.1 Å². The molecule has 0 aliphatic carbocycles. The molecule has 1 fully saturated rings. The first kappa shape index (κ1) is 21.2. The lowest BCUT2D eigenvalue weighted by molar-refractivity contribution is -0.141. The summed E-state index contributed by atoms with van der Waals surface area (Å²) >= 11 is 1.62. The third kappa shape index (κ3) is 4.51. The maximum Gasteiger partial charge on any atom is 0.247 e. The average molecular weight is 439 g/mol. The van der Waals surface area contributed by atoms with E-state index in [9.17, 15) is 9.59 Å². The molecule has 9 heteroatoms. The number of aryl methyl sites for hydroxylation is 1. The van der Waals surface area contributed by atoms with E-state index in [4.69, 9.17) is 0 Å². The highest BCUT2D eigenvalue weighted by atomic mass is 32.1. The molecular weight excluding hydrogens is 412 g/mol. The highest BCUT2D eigenvalue weighted by Crippen LogP contribution is 2.28. The van der Waals surface area contributed by atoms with Crippen LogP contribution in [-0.2, 0) is 16.1 Å². The van der Waals surface area contributed by atoms with Crippen LogP contribution >= 0.6 is 11.3 Å². The Morgan fingerprint density at radius 3 is 2.71 bits per heavy atom. The lowest BCUT2D eigenvalue weighted by atomic mass is 10.1. The van der Waals surface area contributed by atoms with E-state index >= 15 is 0 Å². The quantitative estimate of drug-likeness (QED) is 0.639. The minimum Gasteiger partial charge on any atom is -0.350 e. The van der Waals surface area contributed by atoms with Crippen molar-refractivity contribution in [2.24, 2.45) is 5.92 Å². The second-order valence-electron chi connectivity index (χ2n) is 8.08. The van der Waals surface area contributed by atoms with Crippen LogP contribution in [0.2, 0.25) is 0 Å². The Kier molecular flexibility index (Phi) is 6.13. The molecule has 3 heterocycles. The molecule has 162 valence electrons. The lowest BCUT2D eigenvalue weighted by Crippen LogP contribution is -2.47. The number of carbonyl (C=O) groups is 2. The first-order chi connectivity index (χ1) is 14.9. The Labute approximate surface area is 185 Å². The van der Waals surface area contributed by atoms with Crippen molar-refractivity contribution in [1.82, 2.24) is 30.0 Å². The maximum absolute atomic E-state index is 13.0. The van der Waals surface area contributed by atoms with Crippen LogP contribution in [-0.4, -0.2) is 49.0 Å². The summed E-state index contributed by atoms with van der Waals surface area (Å²) in [7, 11) is 0. The summed E-state index contributed by atoms with van der Waals surface area (Å²) in [6.45, 7) is 6.83. The minimum atomic E-state index is -0.495. The molecule has 0 radical (unpaired) electrons. The van der Waals surface area contributed by atoms with Gasteiger partial charge in [-0.2, -0.15) is 5.10 Å². The van der Waals surface area contributed by atoms with Gasteiger partial charge in [0.15, 0.2) is 0 Å². The highest BCUT2D eigenvalue weighted by Gasteiger charge is 2.39. The third-order valence-corrected chi connectivity index (χ3v) is 6.69. The van der Waals surface area contributed by atoms with E-state index in [1.807, 2.05) is 24.6 Å². The Bertz CT molecular complexity index is 1050. The molecule has 1 N–H and O–H groups in total. The third-order valence-electron chi connectivity index (χ3n) is 5.72. The zero-order valence-electron chi connectivity index (χ0n) is 17.9. The maximum atomic E-state index is 13.0. The van der Waals surface area contributed by atoms with Crippen molar-refractivity contribution in [3.05, 3.63) is 53.7 Å². The van der Waals surface area contributed by atoms with E-state index in [1.54, 1.807) is 23.2 Å². The van der Waals surface area contributed by atoms with Crippen LogP contribution in [0.1, 0.15) is 37.6 Å². The zero-order chi connectivity index (χ0) is 22.0. The molecule has 1 aromatic carbocycles. The Hall–Kier alpha value is -3.07. The molecule has 3 aromatic rings. The molecule has 2 amide bonds. The molecule has 31 heavy (non-hydrogen) atoms. The Morgan fingerprint density at radius 1 is 1.29 bits per heavy atom. The molecule has 4 rings (SSSR count). The van der Waals surface area contributed by atoms with Gasteiger partial charge in [-0.1, -0.05) is 31.2 Å².